The molecule has 8 heteroatoms. The maximum atomic E-state index is 11.4. The van der Waals surface area contributed by atoms with Crippen LogP contribution in [0.2, 0.25) is 0 Å². The van der Waals surface area contributed by atoms with Gasteiger partial charge in [0.05, 0.1) is 25.3 Å². The number of aliphatic imine (C=N–C) groups is 1. The molecule has 0 bridgehead atoms. The van der Waals surface area contributed by atoms with Gasteiger partial charge in [-0.25, -0.2) is 0 Å². The van der Waals surface area contributed by atoms with Gasteiger partial charge in [-0.3, -0.25) is 9.79 Å². The van der Waals surface area contributed by atoms with E-state index in [1.54, 1.807) is 14.0 Å². The Morgan fingerprint density at radius 2 is 2.04 bits per heavy atom. The minimum atomic E-state index is -0.252. The first-order valence-corrected chi connectivity index (χ1v) is 8.03. The molecule has 1 aromatic heterocycles. The van der Waals surface area contributed by atoms with E-state index in [1.807, 2.05) is 6.07 Å². The Morgan fingerprint density at radius 1 is 1.38 bits per heavy atom. The lowest BCUT2D eigenvalue weighted by Gasteiger charge is -2.13. The summed E-state index contributed by atoms with van der Waals surface area (Å²) >= 11 is 0. The Hall–Kier alpha value is -1.32. The summed E-state index contributed by atoms with van der Waals surface area (Å²) in [5, 5.41) is 10.4. The number of esters is 1. The summed E-state index contributed by atoms with van der Waals surface area (Å²) in [6.07, 6.45) is 2.09. The average molecular weight is 452 g/mol. The highest BCUT2D eigenvalue weighted by Crippen LogP contribution is 2.22. The number of carbonyl (C=O) groups is 1. The zero-order valence-electron chi connectivity index (χ0n) is 15.1. The molecule has 2 N–H and O–H groups in total. The third-order valence-corrected chi connectivity index (χ3v) is 3.81. The first-order valence-electron chi connectivity index (χ1n) is 8.03. The van der Waals surface area contributed by atoms with E-state index in [0.29, 0.717) is 25.0 Å². The minimum absolute atomic E-state index is 0. The zero-order chi connectivity index (χ0) is 17.2. The molecule has 0 amide bonds. The number of ether oxygens (including phenoxy) is 1. The van der Waals surface area contributed by atoms with Crippen molar-refractivity contribution in [2.45, 2.75) is 46.1 Å². The molecular weight excluding hydrogens is 423 g/mol. The minimum Gasteiger partial charge on any atom is -0.469 e. The number of aromatic nitrogens is 1. The monoisotopic (exact) mass is 452 g/mol. The van der Waals surface area contributed by atoms with E-state index in [1.165, 1.54) is 7.11 Å². The molecule has 1 aromatic rings. The van der Waals surface area contributed by atoms with Crippen LogP contribution in [-0.4, -0.2) is 37.8 Å². The third kappa shape index (κ3) is 7.06. The van der Waals surface area contributed by atoms with Crippen LogP contribution in [-0.2, 0) is 16.1 Å². The van der Waals surface area contributed by atoms with Crippen molar-refractivity contribution in [1.82, 2.24) is 15.8 Å². The molecule has 1 rings (SSSR count). The molecule has 138 valence electrons. The molecule has 0 aliphatic carbocycles. The van der Waals surface area contributed by atoms with Gasteiger partial charge in [-0.15, -0.1) is 24.0 Å². The second kappa shape index (κ2) is 12.1. The number of nitrogens with one attached hydrogen (secondary N) is 2. The normalized spacial score (nSPS) is 12.5. The summed E-state index contributed by atoms with van der Waals surface area (Å²) in [4.78, 5) is 15.5. The molecule has 0 saturated heterocycles. The van der Waals surface area contributed by atoms with E-state index in [0.717, 1.165) is 24.3 Å². The van der Waals surface area contributed by atoms with E-state index in [9.17, 15) is 4.79 Å². The molecule has 0 fully saturated rings. The van der Waals surface area contributed by atoms with Crippen LogP contribution < -0.4 is 10.6 Å². The fraction of sp³-hybridized carbons (Fsp3) is 0.688. The van der Waals surface area contributed by atoms with E-state index in [-0.39, 0.29) is 35.9 Å². The highest BCUT2D eigenvalue weighted by molar-refractivity contribution is 14.0. The van der Waals surface area contributed by atoms with Crippen molar-refractivity contribution >= 4 is 35.9 Å². The summed E-state index contributed by atoms with van der Waals surface area (Å²) in [5.74, 6) is 1.30. The van der Waals surface area contributed by atoms with Crippen LogP contribution in [0.4, 0.5) is 0 Å². The Kier molecular flexibility index (Phi) is 11.4. The van der Waals surface area contributed by atoms with Crippen LogP contribution in [0.3, 0.4) is 0 Å². The number of nitrogens with zero attached hydrogens (tertiary/aromatic N) is 2. The topological polar surface area (TPSA) is 88.8 Å². The number of hydrogen-bond acceptors (Lipinski definition) is 5. The fourth-order valence-corrected chi connectivity index (χ4v) is 2.24. The molecule has 0 saturated carbocycles. The van der Waals surface area contributed by atoms with E-state index < -0.39 is 0 Å². The predicted octanol–water partition coefficient (Wildman–Crippen LogP) is 2.67. The Labute approximate surface area is 161 Å². The molecule has 0 aliphatic heterocycles. The number of methoxy groups -OCH3 is 1. The summed E-state index contributed by atoms with van der Waals surface area (Å²) < 4.78 is 10.0. The number of halogens is 1. The number of carbonyl (C=O) groups excluding carboxylic acids is 1. The van der Waals surface area contributed by atoms with Crippen LogP contribution >= 0.6 is 24.0 Å². The highest BCUT2D eigenvalue weighted by atomic mass is 127. The highest BCUT2D eigenvalue weighted by Gasteiger charge is 2.15. The molecular formula is C16H29IN4O3. The fourth-order valence-electron chi connectivity index (χ4n) is 2.24. The number of guanidine groups is 1. The lowest BCUT2D eigenvalue weighted by atomic mass is 9.99. The standard InChI is InChI=1S/C16H28N4O3.HI/c1-6-12(7-2)14-8-13(23-20-14)10-19-16(17-4)18-9-11(3)15(21)22-5;/h8,11-12H,6-7,9-10H2,1-5H3,(H2,17,18,19);1H. The number of rotatable bonds is 8. The van der Waals surface area contributed by atoms with Crippen molar-refractivity contribution < 1.29 is 14.1 Å². The van der Waals surface area contributed by atoms with Gasteiger partial charge in [-0.05, 0) is 12.8 Å². The summed E-state index contributed by atoms with van der Waals surface area (Å²) in [6, 6.07) is 1.98. The molecule has 0 aliphatic rings. The van der Waals surface area contributed by atoms with Crippen molar-refractivity contribution in [3.05, 3.63) is 17.5 Å². The average Bonchev–Trinajstić information content (AvgIpc) is 3.03. The van der Waals surface area contributed by atoms with Gasteiger partial charge in [0.1, 0.15) is 0 Å². The molecule has 7 nitrogen and oxygen atoms in total. The van der Waals surface area contributed by atoms with Crippen molar-refractivity contribution in [2.75, 3.05) is 20.7 Å². The van der Waals surface area contributed by atoms with Crippen molar-refractivity contribution in [3.8, 4) is 0 Å². The van der Waals surface area contributed by atoms with Crippen LogP contribution in [0.25, 0.3) is 0 Å². The van der Waals surface area contributed by atoms with Crippen LogP contribution in [0, 0.1) is 5.92 Å². The Bertz CT molecular complexity index is 515. The van der Waals surface area contributed by atoms with E-state index in [4.69, 9.17) is 9.26 Å². The molecule has 0 spiro atoms. The predicted molar refractivity (Wildman–Crippen MR) is 105 cm³/mol. The Balaban J connectivity index is 0.00000529. The maximum Gasteiger partial charge on any atom is 0.310 e. The molecule has 0 radical (unpaired) electrons. The second-order valence-corrected chi connectivity index (χ2v) is 5.46. The quantitative estimate of drug-likeness (QED) is 0.273. The first-order chi connectivity index (χ1) is 11.0. The second-order valence-electron chi connectivity index (χ2n) is 5.46. The van der Waals surface area contributed by atoms with Gasteiger partial charge in [-0.2, -0.15) is 0 Å². The Morgan fingerprint density at radius 3 is 2.58 bits per heavy atom. The van der Waals surface area contributed by atoms with Crippen LogP contribution in [0.15, 0.2) is 15.6 Å². The third-order valence-electron chi connectivity index (χ3n) is 3.81. The molecule has 0 aromatic carbocycles. The van der Waals surface area contributed by atoms with Gasteiger partial charge in [0.25, 0.3) is 0 Å². The van der Waals surface area contributed by atoms with Crippen LogP contribution in [0.5, 0.6) is 0 Å². The molecule has 24 heavy (non-hydrogen) atoms. The summed E-state index contributed by atoms with van der Waals surface area (Å²) in [7, 11) is 3.06. The van der Waals surface area contributed by atoms with Gasteiger partial charge >= 0.3 is 5.97 Å². The lowest BCUT2D eigenvalue weighted by molar-refractivity contribution is -0.144. The van der Waals surface area contributed by atoms with Crippen molar-refractivity contribution in [2.24, 2.45) is 10.9 Å². The van der Waals surface area contributed by atoms with Gasteiger partial charge < -0.3 is 19.9 Å². The van der Waals surface area contributed by atoms with E-state index in [2.05, 4.69) is 34.6 Å². The van der Waals surface area contributed by atoms with Gasteiger partial charge in [0.2, 0.25) is 0 Å². The molecule has 1 unspecified atom stereocenters. The smallest absolute Gasteiger partial charge is 0.310 e. The van der Waals surface area contributed by atoms with Crippen molar-refractivity contribution in [3.63, 3.8) is 0 Å². The molecule has 1 atom stereocenters. The number of hydrogen-bond donors (Lipinski definition) is 2. The van der Waals surface area contributed by atoms with Crippen molar-refractivity contribution in [1.29, 1.82) is 0 Å². The SMILES string of the molecule is CCC(CC)c1cc(CNC(=NC)NCC(C)C(=O)OC)on1.I. The first kappa shape index (κ1) is 22.7. The molecule has 1 heterocycles. The largest absolute Gasteiger partial charge is 0.469 e. The van der Waals surface area contributed by atoms with E-state index >= 15 is 0 Å². The maximum absolute atomic E-state index is 11.4. The lowest BCUT2D eigenvalue weighted by Crippen LogP contribution is -2.40. The zero-order valence-corrected chi connectivity index (χ0v) is 17.4. The van der Waals surface area contributed by atoms with Gasteiger partial charge in [0, 0.05) is 25.6 Å². The van der Waals surface area contributed by atoms with Gasteiger partial charge in [0.15, 0.2) is 11.7 Å². The van der Waals surface area contributed by atoms with Crippen LogP contribution in [0.1, 0.15) is 51.0 Å². The summed E-state index contributed by atoms with van der Waals surface area (Å²) in [5.41, 5.74) is 0.994. The van der Waals surface area contributed by atoms with Gasteiger partial charge in [-0.1, -0.05) is 25.9 Å². The summed E-state index contributed by atoms with van der Waals surface area (Å²) in [6.45, 7) is 7.02.